The van der Waals surface area contributed by atoms with E-state index in [9.17, 15) is 4.79 Å². The molecule has 0 aliphatic rings. The van der Waals surface area contributed by atoms with Gasteiger partial charge in [0.2, 0.25) is 0 Å². The quantitative estimate of drug-likeness (QED) is 0.0838. The molecule has 0 aliphatic carbocycles. The van der Waals surface area contributed by atoms with Gasteiger partial charge in [-0.05, 0) is 19.3 Å². The maximum absolute atomic E-state index is 11.8. The molecular formula is C24H51ClN4O2. The summed E-state index contributed by atoms with van der Waals surface area (Å²) >= 11 is 0. The molecule has 0 unspecified atom stereocenters. The number of halogens is 1. The minimum Gasteiger partial charge on any atom is -0.465 e. The van der Waals surface area contributed by atoms with Crippen LogP contribution in [0.5, 0.6) is 0 Å². The van der Waals surface area contributed by atoms with Crippen molar-refractivity contribution in [1.29, 1.82) is 0 Å². The molecule has 7 heteroatoms. The maximum atomic E-state index is 11.8. The second-order valence-electron chi connectivity index (χ2n) is 8.53. The summed E-state index contributed by atoms with van der Waals surface area (Å²) in [5, 5.41) is 0. The zero-order chi connectivity index (χ0) is 22.3. The Kier molecular flexibility index (Phi) is 26.2. The number of ether oxygens (including phenoxy) is 1. The molecule has 0 radical (unpaired) electrons. The van der Waals surface area contributed by atoms with Crippen LogP contribution < -0.4 is 17.2 Å². The van der Waals surface area contributed by atoms with Crippen molar-refractivity contribution in [3.05, 3.63) is 0 Å². The number of unbranched alkanes of at least 4 members (excludes halogenated alkanes) is 15. The lowest BCUT2D eigenvalue weighted by atomic mass is 10.0. The van der Waals surface area contributed by atoms with Gasteiger partial charge in [-0.25, -0.2) is 0 Å². The Balaban J connectivity index is 0. The van der Waals surface area contributed by atoms with E-state index in [0.717, 1.165) is 12.8 Å². The van der Waals surface area contributed by atoms with Gasteiger partial charge in [-0.15, -0.1) is 12.4 Å². The first-order chi connectivity index (χ1) is 14.6. The number of rotatable bonds is 22. The fraction of sp³-hybridized carbons (Fsp3) is 0.917. The van der Waals surface area contributed by atoms with Crippen LogP contribution in [0.2, 0.25) is 0 Å². The second-order valence-corrected chi connectivity index (χ2v) is 8.53. The summed E-state index contributed by atoms with van der Waals surface area (Å²) < 4.78 is 5.25. The highest BCUT2D eigenvalue weighted by Gasteiger charge is 2.14. The van der Waals surface area contributed by atoms with E-state index < -0.39 is 6.04 Å². The number of guanidine groups is 1. The van der Waals surface area contributed by atoms with Gasteiger partial charge in [-0.2, -0.15) is 0 Å². The van der Waals surface area contributed by atoms with E-state index in [2.05, 4.69) is 11.9 Å². The number of carbonyl (C=O) groups is 1. The van der Waals surface area contributed by atoms with Crippen molar-refractivity contribution in [2.45, 2.75) is 129 Å². The van der Waals surface area contributed by atoms with Crippen LogP contribution in [0.1, 0.15) is 122 Å². The minimum atomic E-state index is -0.583. The average Bonchev–Trinajstić information content (AvgIpc) is 2.72. The summed E-state index contributed by atoms with van der Waals surface area (Å²) in [7, 11) is 0. The summed E-state index contributed by atoms with van der Waals surface area (Å²) in [5.74, 6) is -0.254. The molecule has 0 aliphatic heterocycles. The van der Waals surface area contributed by atoms with Crippen LogP contribution in [0.25, 0.3) is 0 Å². The van der Waals surface area contributed by atoms with Crippen molar-refractivity contribution in [3.8, 4) is 0 Å². The van der Waals surface area contributed by atoms with Crippen molar-refractivity contribution in [2.75, 3.05) is 13.2 Å². The Morgan fingerprint density at radius 2 is 1.16 bits per heavy atom. The summed E-state index contributed by atoms with van der Waals surface area (Å²) in [6, 6.07) is -0.583. The third-order valence-corrected chi connectivity index (χ3v) is 5.51. The highest BCUT2D eigenvalue weighted by molar-refractivity contribution is 5.85. The lowest BCUT2D eigenvalue weighted by molar-refractivity contribution is -0.145. The number of aliphatic imine (C=N–C) groups is 1. The molecule has 6 nitrogen and oxygen atoms in total. The normalized spacial score (nSPS) is 11.5. The molecule has 0 fully saturated rings. The Morgan fingerprint density at radius 3 is 1.58 bits per heavy atom. The summed E-state index contributed by atoms with van der Waals surface area (Å²) in [6.07, 6.45) is 22.5. The fourth-order valence-electron chi connectivity index (χ4n) is 3.57. The Labute approximate surface area is 197 Å². The topological polar surface area (TPSA) is 117 Å². The lowest BCUT2D eigenvalue weighted by Crippen LogP contribution is -2.32. The molecule has 31 heavy (non-hydrogen) atoms. The van der Waals surface area contributed by atoms with E-state index in [-0.39, 0.29) is 24.3 Å². The first-order valence-electron chi connectivity index (χ1n) is 12.6. The lowest BCUT2D eigenvalue weighted by Gasteiger charge is -2.11. The van der Waals surface area contributed by atoms with Crippen LogP contribution in [0.4, 0.5) is 0 Å². The molecule has 0 aromatic rings. The summed E-state index contributed by atoms with van der Waals surface area (Å²) in [5.41, 5.74) is 16.3. The van der Waals surface area contributed by atoms with Gasteiger partial charge in [0.1, 0.15) is 6.04 Å². The molecule has 0 spiro atoms. The Bertz CT molecular complexity index is 418. The SMILES string of the molecule is CCCCCCCCCCCCCCCCCCOC(=O)[C@@H](N)CCCN=C(N)N.Cl. The highest BCUT2D eigenvalue weighted by Crippen LogP contribution is 2.13. The van der Waals surface area contributed by atoms with Gasteiger partial charge < -0.3 is 21.9 Å². The number of nitrogens with two attached hydrogens (primary N) is 3. The first-order valence-corrected chi connectivity index (χ1v) is 12.6. The zero-order valence-corrected chi connectivity index (χ0v) is 20.9. The van der Waals surface area contributed by atoms with E-state index in [4.69, 9.17) is 21.9 Å². The number of carbonyl (C=O) groups excluding carboxylic acids is 1. The fourth-order valence-corrected chi connectivity index (χ4v) is 3.57. The van der Waals surface area contributed by atoms with Crippen LogP contribution in [-0.4, -0.2) is 31.1 Å². The molecule has 186 valence electrons. The van der Waals surface area contributed by atoms with Gasteiger partial charge in [-0.1, -0.05) is 103 Å². The zero-order valence-electron chi connectivity index (χ0n) is 20.1. The van der Waals surface area contributed by atoms with E-state index in [1.165, 1.54) is 89.9 Å². The molecule has 0 saturated heterocycles. The smallest absolute Gasteiger partial charge is 0.322 e. The van der Waals surface area contributed by atoms with Crippen molar-refractivity contribution in [1.82, 2.24) is 0 Å². The Morgan fingerprint density at radius 1 is 0.742 bits per heavy atom. The van der Waals surface area contributed by atoms with Crippen LogP contribution in [0.15, 0.2) is 4.99 Å². The number of hydrogen-bond acceptors (Lipinski definition) is 4. The molecule has 0 aromatic carbocycles. The van der Waals surface area contributed by atoms with E-state index >= 15 is 0 Å². The average molecular weight is 463 g/mol. The standard InChI is InChI=1S/C24H50N4O2.ClH/c1-2-3-4-5-6-7-8-9-10-11-12-13-14-15-16-17-21-30-23(29)22(25)19-18-20-28-24(26)27;/h22H,2-21,25H2,1H3,(H4,26,27,28);1H/t22-;/m0./s1. The molecular weight excluding hydrogens is 412 g/mol. The van der Waals surface area contributed by atoms with Crippen LogP contribution in [0, 0.1) is 0 Å². The molecule has 0 rings (SSSR count). The van der Waals surface area contributed by atoms with Gasteiger partial charge in [-0.3, -0.25) is 9.79 Å². The van der Waals surface area contributed by atoms with Gasteiger partial charge in [0.25, 0.3) is 0 Å². The predicted octanol–water partition coefficient (Wildman–Crippen LogP) is 5.59. The van der Waals surface area contributed by atoms with Crippen LogP contribution in [-0.2, 0) is 9.53 Å². The largest absolute Gasteiger partial charge is 0.465 e. The van der Waals surface area contributed by atoms with E-state index in [1.54, 1.807) is 0 Å². The maximum Gasteiger partial charge on any atom is 0.322 e. The molecule has 0 aromatic heterocycles. The van der Waals surface area contributed by atoms with Crippen molar-refractivity contribution >= 4 is 24.3 Å². The van der Waals surface area contributed by atoms with Crippen LogP contribution in [0.3, 0.4) is 0 Å². The molecule has 0 amide bonds. The van der Waals surface area contributed by atoms with Crippen molar-refractivity contribution in [2.24, 2.45) is 22.2 Å². The number of nitrogens with zero attached hydrogens (tertiary/aromatic N) is 1. The van der Waals surface area contributed by atoms with Crippen molar-refractivity contribution in [3.63, 3.8) is 0 Å². The summed E-state index contributed by atoms with van der Waals surface area (Å²) in [4.78, 5) is 15.7. The number of esters is 1. The minimum absolute atomic E-state index is 0. The third-order valence-electron chi connectivity index (χ3n) is 5.51. The van der Waals surface area contributed by atoms with Gasteiger partial charge in [0.05, 0.1) is 6.61 Å². The van der Waals surface area contributed by atoms with E-state index in [0.29, 0.717) is 26.0 Å². The summed E-state index contributed by atoms with van der Waals surface area (Å²) in [6.45, 7) is 3.23. The van der Waals surface area contributed by atoms with Gasteiger partial charge in [0.15, 0.2) is 5.96 Å². The second kappa shape index (κ2) is 25.3. The third kappa shape index (κ3) is 25.1. The van der Waals surface area contributed by atoms with Gasteiger partial charge in [0, 0.05) is 6.54 Å². The molecule has 1 atom stereocenters. The highest BCUT2D eigenvalue weighted by atomic mass is 35.5. The van der Waals surface area contributed by atoms with E-state index in [1.807, 2.05) is 0 Å². The predicted molar refractivity (Wildman–Crippen MR) is 136 cm³/mol. The monoisotopic (exact) mass is 462 g/mol. The molecule has 0 saturated carbocycles. The van der Waals surface area contributed by atoms with Gasteiger partial charge >= 0.3 is 5.97 Å². The molecule has 0 bridgehead atoms. The first kappa shape index (κ1) is 32.2. The van der Waals surface area contributed by atoms with Crippen LogP contribution >= 0.6 is 12.4 Å². The van der Waals surface area contributed by atoms with Crippen molar-refractivity contribution < 1.29 is 9.53 Å². The molecule has 6 N–H and O–H groups in total. The number of hydrogen-bond donors (Lipinski definition) is 3. The molecule has 0 heterocycles. The Hall–Kier alpha value is -1.01.